The molecule has 2 nitrogen and oxygen atoms in total. The lowest BCUT2D eigenvalue weighted by Gasteiger charge is -2.29. The number of alkyl halides is 3. The van der Waals surface area contributed by atoms with Crippen molar-refractivity contribution in [2.75, 3.05) is 24.5 Å². The first kappa shape index (κ1) is 15.2. The van der Waals surface area contributed by atoms with E-state index >= 15 is 0 Å². The molecule has 20 heavy (non-hydrogen) atoms. The summed E-state index contributed by atoms with van der Waals surface area (Å²) in [7, 11) is 0. The number of para-hydroxylation sites is 1. The fourth-order valence-electron chi connectivity index (χ4n) is 2.77. The predicted octanol–water partition coefficient (Wildman–Crippen LogP) is 3.67. The van der Waals surface area contributed by atoms with E-state index in [2.05, 4.69) is 12.2 Å². The summed E-state index contributed by atoms with van der Waals surface area (Å²) in [6.45, 7) is 4.44. The molecule has 1 heterocycles. The standard InChI is InChI=1S/C15H21F3N2/c1-2-9-19-11-12-6-5-10-20(12)14-8-4-3-7-13(14)15(16,17)18/h3-4,7-8,12,19H,2,5-6,9-11H2,1H3. The van der Waals surface area contributed by atoms with E-state index in [0.717, 1.165) is 32.4 Å². The van der Waals surface area contributed by atoms with Gasteiger partial charge in [0.25, 0.3) is 0 Å². The summed E-state index contributed by atoms with van der Waals surface area (Å²) >= 11 is 0. The van der Waals surface area contributed by atoms with Gasteiger partial charge in [-0.3, -0.25) is 0 Å². The topological polar surface area (TPSA) is 15.3 Å². The van der Waals surface area contributed by atoms with Gasteiger partial charge in [0.2, 0.25) is 0 Å². The first-order valence-corrected chi connectivity index (χ1v) is 7.17. The number of anilines is 1. The molecule has 1 aliphatic rings. The molecule has 2 rings (SSSR count). The second-order valence-corrected chi connectivity index (χ2v) is 5.21. The van der Waals surface area contributed by atoms with E-state index in [9.17, 15) is 13.2 Å². The van der Waals surface area contributed by atoms with Crippen LogP contribution in [0, 0.1) is 0 Å². The second kappa shape index (κ2) is 6.48. The van der Waals surface area contributed by atoms with Crippen molar-refractivity contribution >= 4 is 5.69 Å². The number of nitrogens with one attached hydrogen (secondary N) is 1. The average Bonchev–Trinajstić information content (AvgIpc) is 2.86. The van der Waals surface area contributed by atoms with Crippen LogP contribution < -0.4 is 10.2 Å². The van der Waals surface area contributed by atoms with Gasteiger partial charge in [-0.05, 0) is 37.9 Å². The zero-order chi connectivity index (χ0) is 14.6. The summed E-state index contributed by atoms with van der Waals surface area (Å²) in [5, 5.41) is 3.31. The number of hydrogen-bond acceptors (Lipinski definition) is 2. The van der Waals surface area contributed by atoms with E-state index < -0.39 is 11.7 Å². The molecule has 0 saturated carbocycles. The van der Waals surface area contributed by atoms with Crippen LogP contribution in [0.4, 0.5) is 18.9 Å². The van der Waals surface area contributed by atoms with E-state index in [0.29, 0.717) is 12.2 Å². The summed E-state index contributed by atoms with van der Waals surface area (Å²) in [4.78, 5) is 1.91. The van der Waals surface area contributed by atoms with E-state index in [1.807, 2.05) is 4.90 Å². The Morgan fingerprint density at radius 3 is 2.75 bits per heavy atom. The van der Waals surface area contributed by atoms with Crippen LogP contribution in [0.5, 0.6) is 0 Å². The van der Waals surface area contributed by atoms with Crippen LogP contribution in [0.25, 0.3) is 0 Å². The summed E-state index contributed by atoms with van der Waals surface area (Å²) in [5.41, 5.74) is -0.205. The maximum absolute atomic E-state index is 13.1. The molecule has 1 aromatic rings. The van der Waals surface area contributed by atoms with Crippen molar-refractivity contribution in [1.29, 1.82) is 0 Å². The van der Waals surface area contributed by atoms with Gasteiger partial charge in [-0.15, -0.1) is 0 Å². The fourth-order valence-corrected chi connectivity index (χ4v) is 2.77. The summed E-state index contributed by atoms with van der Waals surface area (Å²) < 4.78 is 39.3. The third kappa shape index (κ3) is 3.45. The Morgan fingerprint density at radius 2 is 2.05 bits per heavy atom. The van der Waals surface area contributed by atoms with Gasteiger partial charge in [-0.1, -0.05) is 19.1 Å². The lowest BCUT2D eigenvalue weighted by atomic mass is 10.1. The van der Waals surface area contributed by atoms with Crippen molar-refractivity contribution < 1.29 is 13.2 Å². The van der Waals surface area contributed by atoms with Gasteiger partial charge >= 0.3 is 6.18 Å². The SMILES string of the molecule is CCCNCC1CCCN1c1ccccc1C(F)(F)F. The molecule has 0 amide bonds. The largest absolute Gasteiger partial charge is 0.418 e. The molecule has 5 heteroatoms. The minimum atomic E-state index is -4.29. The molecular formula is C15H21F3N2. The molecule has 112 valence electrons. The smallest absolute Gasteiger partial charge is 0.367 e. The van der Waals surface area contributed by atoms with Gasteiger partial charge in [-0.2, -0.15) is 13.2 Å². The van der Waals surface area contributed by atoms with Gasteiger partial charge in [0, 0.05) is 24.8 Å². The van der Waals surface area contributed by atoms with Crippen LogP contribution >= 0.6 is 0 Å². The van der Waals surface area contributed by atoms with Crippen molar-refractivity contribution in [2.24, 2.45) is 0 Å². The van der Waals surface area contributed by atoms with E-state index in [-0.39, 0.29) is 6.04 Å². The quantitative estimate of drug-likeness (QED) is 0.831. The molecule has 1 aliphatic heterocycles. The highest BCUT2D eigenvalue weighted by molar-refractivity contribution is 5.56. The number of halogens is 3. The summed E-state index contributed by atoms with van der Waals surface area (Å²) in [5.74, 6) is 0. The number of benzene rings is 1. The maximum Gasteiger partial charge on any atom is 0.418 e. The van der Waals surface area contributed by atoms with Crippen molar-refractivity contribution in [3.8, 4) is 0 Å². The molecule has 0 bridgehead atoms. The second-order valence-electron chi connectivity index (χ2n) is 5.21. The minimum Gasteiger partial charge on any atom is -0.367 e. The van der Waals surface area contributed by atoms with Crippen LogP contribution in [0.1, 0.15) is 31.7 Å². The molecule has 1 saturated heterocycles. The Morgan fingerprint density at radius 1 is 1.30 bits per heavy atom. The van der Waals surface area contributed by atoms with Crippen LogP contribution in [-0.2, 0) is 6.18 Å². The Bertz CT molecular complexity index is 431. The monoisotopic (exact) mass is 286 g/mol. The summed E-state index contributed by atoms with van der Waals surface area (Å²) in [6.07, 6.45) is -1.36. The Labute approximate surface area is 118 Å². The number of hydrogen-bond donors (Lipinski definition) is 1. The molecule has 1 fully saturated rings. The minimum absolute atomic E-state index is 0.157. The van der Waals surface area contributed by atoms with Crippen LogP contribution in [0.2, 0.25) is 0 Å². The van der Waals surface area contributed by atoms with Gasteiger partial charge < -0.3 is 10.2 Å². The van der Waals surface area contributed by atoms with Gasteiger partial charge in [-0.25, -0.2) is 0 Å². The van der Waals surface area contributed by atoms with Crippen molar-refractivity contribution in [3.63, 3.8) is 0 Å². The highest BCUT2D eigenvalue weighted by Crippen LogP contribution is 2.38. The molecule has 1 atom stereocenters. The van der Waals surface area contributed by atoms with Crippen LogP contribution in [0.15, 0.2) is 24.3 Å². The summed E-state index contributed by atoms with van der Waals surface area (Å²) in [6, 6.07) is 6.04. The van der Waals surface area contributed by atoms with E-state index in [1.165, 1.54) is 12.1 Å². The molecule has 1 aromatic carbocycles. The maximum atomic E-state index is 13.1. The number of nitrogens with zero attached hydrogens (tertiary/aromatic N) is 1. The van der Waals surface area contributed by atoms with E-state index in [1.54, 1.807) is 12.1 Å². The Kier molecular flexibility index (Phi) is 4.91. The molecule has 0 radical (unpaired) electrons. The lowest BCUT2D eigenvalue weighted by molar-refractivity contribution is -0.137. The first-order chi connectivity index (χ1) is 9.54. The third-order valence-corrected chi connectivity index (χ3v) is 3.70. The molecule has 0 aromatic heterocycles. The molecular weight excluding hydrogens is 265 g/mol. The van der Waals surface area contributed by atoms with Crippen LogP contribution in [-0.4, -0.2) is 25.7 Å². The highest BCUT2D eigenvalue weighted by Gasteiger charge is 2.36. The normalized spacial score (nSPS) is 19.6. The van der Waals surface area contributed by atoms with E-state index in [4.69, 9.17) is 0 Å². The fraction of sp³-hybridized carbons (Fsp3) is 0.600. The zero-order valence-corrected chi connectivity index (χ0v) is 11.7. The Balaban J connectivity index is 2.17. The molecule has 1 unspecified atom stereocenters. The van der Waals surface area contributed by atoms with Gasteiger partial charge in [0.15, 0.2) is 0 Å². The Hall–Kier alpha value is -1.23. The lowest BCUT2D eigenvalue weighted by Crippen LogP contribution is -2.39. The average molecular weight is 286 g/mol. The third-order valence-electron chi connectivity index (χ3n) is 3.70. The van der Waals surface area contributed by atoms with Crippen molar-refractivity contribution in [3.05, 3.63) is 29.8 Å². The van der Waals surface area contributed by atoms with Crippen molar-refractivity contribution in [1.82, 2.24) is 5.32 Å². The van der Waals surface area contributed by atoms with Gasteiger partial charge in [0.1, 0.15) is 0 Å². The molecule has 0 spiro atoms. The van der Waals surface area contributed by atoms with Crippen molar-refractivity contribution in [2.45, 2.75) is 38.4 Å². The molecule has 1 N–H and O–H groups in total. The predicted molar refractivity (Wildman–Crippen MR) is 75.0 cm³/mol. The first-order valence-electron chi connectivity index (χ1n) is 7.17. The van der Waals surface area contributed by atoms with Gasteiger partial charge in [0.05, 0.1) is 5.56 Å². The highest BCUT2D eigenvalue weighted by atomic mass is 19.4. The molecule has 0 aliphatic carbocycles. The van der Waals surface area contributed by atoms with Crippen LogP contribution in [0.3, 0.4) is 0 Å². The number of rotatable bonds is 5. The zero-order valence-electron chi connectivity index (χ0n) is 11.7.